The average Bonchev–Trinajstić information content (AvgIpc) is 3.17. The number of hydrogen-bond acceptors (Lipinski definition) is 6. The summed E-state index contributed by atoms with van der Waals surface area (Å²) in [5.41, 5.74) is 0. The van der Waals surface area contributed by atoms with Gasteiger partial charge in [-0.3, -0.25) is 14.4 Å². The first-order chi connectivity index (χ1) is 26.5. The molecule has 0 spiro atoms. The number of ether oxygens (including phenoxy) is 3. The standard InChI is InChI=1S/C48H84O6/c1-4-7-10-13-16-19-21-23-24-26-27-29-32-35-38-41-47(50)53-44-45(43-52-46(49)40-37-34-31-18-15-12-9-6-3)54-48(51)42-39-36-33-30-28-25-22-20-17-14-11-8-5-2/h7,10,16,19-20,22-24,45H,4-6,8-9,11-15,17-18,21,25-44H2,1-3H3/b10-7-,19-16-,22-20-,24-23-. The molecule has 0 heterocycles. The highest BCUT2D eigenvalue weighted by atomic mass is 16.6. The van der Waals surface area contributed by atoms with Crippen molar-refractivity contribution < 1.29 is 28.6 Å². The van der Waals surface area contributed by atoms with Gasteiger partial charge in [0.25, 0.3) is 0 Å². The quantitative estimate of drug-likeness (QED) is 0.0268. The monoisotopic (exact) mass is 757 g/mol. The first-order valence-corrected chi connectivity index (χ1v) is 22.6. The number of allylic oxidation sites excluding steroid dienone is 8. The molecule has 0 aliphatic heterocycles. The molecule has 0 aromatic rings. The molecule has 6 heteroatoms. The van der Waals surface area contributed by atoms with E-state index in [-0.39, 0.29) is 31.1 Å². The van der Waals surface area contributed by atoms with Crippen molar-refractivity contribution in [1.82, 2.24) is 0 Å². The van der Waals surface area contributed by atoms with Crippen molar-refractivity contribution >= 4 is 17.9 Å². The first kappa shape index (κ1) is 51.4. The lowest BCUT2D eigenvalue weighted by molar-refractivity contribution is -0.167. The van der Waals surface area contributed by atoms with Crippen LogP contribution in [0.25, 0.3) is 0 Å². The fourth-order valence-corrected chi connectivity index (χ4v) is 6.16. The van der Waals surface area contributed by atoms with Crippen molar-refractivity contribution in [3.63, 3.8) is 0 Å². The van der Waals surface area contributed by atoms with E-state index in [9.17, 15) is 14.4 Å². The van der Waals surface area contributed by atoms with Gasteiger partial charge < -0.3 is 14.2 Å². The maximum absolute atomic E-state index is 12.7. The number of carbonyl (C=O) groups is 3. The Balaban J connectivity index is 4.37. The minimum Gasteiger partial charge on any atom is -0.462 e. The van der Waals surface area contributed by atoms with Crippen LogP contribution in [0.1, 0.15) is 220 Å². The van der Waals surface area contributed by atoms with Gasteiger partial charge in [0, 0.05) is 19.3 Å². The largest absolute Gasteiger partial charge is 0.462 e. The summed E-state index contributed by atoms with van der Waals surface area (Å²) < 4.78 is 16.7. The van der Waals surface area contributed by atoms with E-state index in [1.807, 2.05) is 0 Å². The van der Waals surface area contributed by atoms with Gasteiger partial charge in [-0.15, -0.1) is 0 Å². The Morgan fingerprint density at radius 2 is 0.722 bits per heavy atom. The second kappa shape index (κ2) is 43.1. The zero-order valence-electron chi connectivity index (χ0n) is 35.5. The van der Waals surface area contributed by atoms with Crippen LogP contribution in [0.5, 0.6) is 0 Å². The molecular formula is C48H84O6. The highest BCUT2D eigenvalue weighted by molar-refractivity contribution is 5.71. The van der Waals surface area contributed by atoms with Crippen LogP contribution in [0.2, 0.25) is 0 Å². The fourth-order valence-electron chi connectivity index (χ4n) is 6.16. The van der Waals surface area contributed by atoms with Crippen LogP contribution >= 0.6 is 0 Å². The molecule has 1 atom stereocenters. The second-order valence-corrected chi connectivity index (χ2v) is 14.9. The van der Waals surface area contributed by atoms with Gasteiger partial charge in [0.05, 0.1) is 0 Å². The molecule has 0 aromatic heterocycles. The normalized spacial score (nSPS) is 12.4. The summed E-state index contributed by atoms with van der Waals surface area (Å²) in [6.07, 6.45) is 49.5. The second-order valence-electron chi connectivity index (χ2n) is 14.9. The summed E-state index contributed by atoms with van der Waals surface area (Å²) in [6, 6.07) is 0. The molecule has 0 bridgehead atoms. The number of unbranched alkanes of at least 4 members (excludes halogenated alkanes) is 21. The Morgan fingerprint density at radius 1 is 0.389 bits per heavy atom. The number of esters is 3. The SMILES string of the molecule is CC/C=C\C/C=C\C/C=C\CCCCCCCC(=O)OCC(COC(=O)CCCCCCCCCC)OC(=O)CCCCCCC/C=C\CCCCCC. The minimum atomic E-state index is -0.779. The first-order valence-electron chi connectivity index (χ1n) is 22.6. The van der Waals surface area contributed by atoms with E-state index in [0.29, 0.717) is 19.3 Å². The van der Waals surface area contributed by atoms with E-state index >= 15 is 0 Å². The van der Waals surface area contributed by atoms with Crippen molar-refractivity contribution in [2.75, 3.05) is 13.2 Å². The highest BCUT2D eigenvalue weighted by Gasteiger charge is 2.19. The van der Waals surface area contributed by atoms with Crippen LogP contribution in [-0.4, -0.2) is 37.2 Å². The third-order valence-electron chi connectivity index (χ3n) is 9.57. The number of rotatable bonds is 40. The van der Waals surface area contributed by atoms with E-state index in [0.717, 1.165) is 109 Å². The lowest BCUT2D eigenvalue weighted by Crippen LogP contribution is -2.30. The Hall–Kier alpha value is -2.63. The Kier molecular flexibility index (Phi) is 41.0. The predicted octanol–water partition coefficient (Wildman–Crippen LogP) is 14.4. The molecule has 0 N–H and O–H groups in total. The van der Waals surface area contributed by atoms with E-state index in [4.69, 9.17) is 14.2 Å². The minimum absolute atomic E-state index is 0.0813. The van der Waals surface area contributed by atoms with E-state index < -0.39 is 6.10 Å². The van der Waals surface area contributed by atoms with Gasteiger partial charge in [0.15, 0.2) is 6.10 Å². The molecule has 6 nitrogen and oxygen atoms in total. The van der Waals surface area contributed by atoms with E-state index in [1.54, 1.807) is 0 Å². The number of hydrogen-bond donors (Lipinski definition) is 0. The average molecular weight is 757 g/mol. The summed E-state index contributed by atoms with van der Waals surface area (Å²) in [7, 11) is 0. The van der Waals surface area contributed by atoms with Gasteiger partial charge in [-0.1, -0.05) is 172 Å². The lowest BCUT2D eigenvalue weighted by Gasteiger charge is -2.18. The molecule has 0 rings (SSSR count). The molecule has 0 fully saturated rings. The van der Waals surface area contributed by atoms with Crippen LogP contribution < -0.4 is 0 Å². The maximum Gasteiger partial charge on any atom is 0.306 e. The Morgan fingerprint density at radius 3 is 1.17 bits per heavy atom. The van der Waals surface area contributed by atoms with Gasteiger partial charge in [0.2, 0.25) is 0 Å². The highest BCUT2D eigenvalue weighted by Crippen LogP contribution is 2.13. The topological polar surface area (TPSA) is 78.9 Å². The lowest BCUT2D eigenvalue weighted by atomic mass is 10.1. The number of carbonyl (C=O) groups excluding carboxylic acids is 3. The van der Waals surface area contributed by atoms with Crippen molar-refractivity contribution in [2.24, 2.45) is 0 Å². The molecule has 0 aliphatic carbocycles. The molecule has 0 saturated carbocycles. The summed E-state index contributed by atoms with van der Waals surface area (Å²) in [4.78, 5) is 37.6. The van der Waals surface area contributed by atoms with Gasteiger partial charge >= 0.3 is 17.9 Å². The molecular weight excluding hydrogens is 673 g/mol. The van der Waals surface area contributed by atoms with Crippen LogP contribution in [0.15, 0.2) is 48.6 Å². The van der Waals surface area contributed by atoms with Gasteiger partial charge in [-0.2, -0.15) is 0 Å². The summed E-state index contributed by atoms with van der Waals surface area (Å²) >= 11 is 0. The zero-order valence-corrected chi connectivity index (χ0v) is 35.5. The van der Waals surface area contributed by atoms with Crippen LogP contribution in [0.4, 0.5) is 0 Å². The predicted molar refractivity (Wildman–Crippen MR) is 229 cm³/mol. The van der Waals surface area contributed by atoms with E-state index in [2.05, 4.69) is 69.4 Å². The van der Waals surface area contributed by atoms with Crippen molar-refractivity contribution in [3.05, 3.63) is 48.6 Å². The smallest absolute Gasteiger partial charge is 0.306 e. The Labute approximate surface area is 333 Å². The maximum atomic E-state index is 12.7. The summed E-state index contributed by atoms with van der Waals surface area (Å²) in [5.74, 6) is -0.913. The summed E-state index contributed by atoms with van der Waals surface area (Å²) in [6.45, 7) is 6.45. The van der Waals surface area contributed by atoms with Crippen LogP contribution in [0, 0.1) is 0 Å². The molecule has 0 radical (unpaired) electrons. The summed E-state index contributed by atoms with van der Waals surface area (Å²) in [5, 5.41) is 0. The third kappa shape index (κ3) is 40.6. The van der Waals surface area contributed by atoms with Crippen molar-refractivity contribution in [3.8, 4) is 0 Å². The van der Waals surface area contributed by atoms with Crippen LogP contribution in [0.3, 0.4) is 0 Å². The zero-order chi connectivity index (χ0) is 39.4. The van der Waals surface area contributed by atoms with Gasteiger partial charge in [-0.25, -0.2) is 0 Å². The molecule has 0 amide bonds. The third-order valence-corrected chi connectivity index (χ3v) is 9.57. The Bertz CT molecular complexity index is 964. The molecule has 54 heavy (non-hydrogen) atoms. The molecule has 1 unspecified atom stereocenters. The molecule has 312 valence electrons. The van der Waals surface area contributed by atoms with Gasteiger partial charge in [0.1, 0.15) is 13.2 Å². The van der Waals surface area contributed by atoms with Gasteiger partial charge in [-0.05, 0) is 77.0 Å². The van der Waals surface area contributed by atoms with Crippen LogP contribution in [-0.2, 0) is 28.6 Å². The molecule has 0 saturated heterocycles. The molecule has 0 aromatic carbocycles. The van der Waals surface area contributed by atoms with E-state index in [1.165, 1.54) is 70.6 Å². The van der Waals surface area contributed by atoms with Crippen molar-refractivity contribution in [1.29, 1.82) is 0 Å². The van der Waals surface area contributed by atoms with Crippen molar-refractivity contribution in [2.45, 2.75) is 226 Å². The fraction of sp³-hybridized carbons (Fsp3) is 0.771. The molecule has 0 aliphatic rings.